The van der Waals surface area contributed by atoms with Gasteiger partial charge < -0.3 is 4.74 Å². The molecule has 1 amide bonds. The topological polar surface area (TPSA) is 67.0 Å². The lowest BCUT2D eigenvalue weighted by atomic mass is 9.98. The van der Waals surface area contributed by atoms with Gasteiger partial charge in [0.25, 0.3) is 0 Å². The number of H-pyrrole nitrogens is 1. The summed E-state index contributed by atoms with van der Waals surface area (Å²) in [6.07, 6.45) is -0.463. The van der Waals surface area contributed by atoms with E-state index in [1.165, 1.54) is 22.3 Å². The fourth-order valence-corrected chi connectivity index (χ4v) is 3.47. The lowest BCUT2D eigenvalue weighted by molar-refractivity contribution is 0.158. The predicted molar refractivity (Wildman–Crippen MR) is 96.8 cm³/mol. The molecule has 1 aromatic heterocycles. The average molecular weight is 333 g/mol. The molecule has 126 valence electrons. The minimum absolute atomic E-state index is 0.0599. The number of amides is 1. The van der Waals surface area contributed by atoms with Crippen LogP contribution in [0.4, 0.5) is 10.5 Å². The quantitative estimate of drug-likeness (QED) is 0.747. The van der Waals surface area contributed by atoms with Crippen LogP contribution in [0.2, 0.25) is 0 Å². The molecule has 5 heteroatoms. The molecule has 25 heavy (non-hydrogen) atoms. The largest absolute Gasteiger partial charge is 0.448 e. The summed E-state index contributed by atoms with van der Waals surface area (Å²) in [5, 5.41) is 9.69. The van der Waals surface area contributed by atoms with Crippen molar-refractivity contribution in [3.8, 4) is 11.1 Å². The van der Waals surface area contributed by atoms with E-state index in [9.17, 15) is 4.79 Å². The zero-order chi connectivity index (χ0) is 17.4. The van der Waals surface area contributed by atoms with Gasteiger partial charge in [0.1, 0.15) is 6.61 Å². The second kappa shape index (κ2) is 6.09. The Bertz CT molecular complexity index is 881. The number of hydrogen-bond donors (Lipinski definition) is 2. The van der Waals surface area contributed by atoms with Crippen LogP contribution >= 0.6 is 0 Å². The van der Waals surface area contributed by atoms with Gasteiger partial charge in [-0.1, -0.05) is 48.5 Å². The molecule has 0 fully saturated rings. The van der Waals surface area contributed by atoms with Gasteiger partial charge in [0.05, 0.1) is 17.1 Å². The van der Waals surface area contributed by atoms with Crippen LogP contribution in [-0.4, -0.2) is 22.9 Å². The van der Waals surface area contributed by atoms with Crippen LogP contribution in [0.25, 0.3) is 11.1 Å². The summed E-state index contributed by atoms with van der Waals surface area (Å²) in [5.74, 6) is 0.0599. The van der Waals surface area contributed by atoms with E-state index in [-0.39, 0.29) is 5.92 Å². The van der Waals surface area contributed by atoms with E-state index in [1.807, 2.05) is 38.1 Å². The fourth-order valence-electron chi connectivity index (χ4n) is 3.47. The van der Waals surface area contributed by atoms with Crippen LogP contribution in [0.5, 0.6) is 0 Å². The van der Waals surface area contributed by atoms with Gasteiger partial charge in [0, 0.05) is 5.92 Å². The molecular weight excluding hydrogens is 314 g/mol. The van der Waals surface area contributed by atoms with E-state index in [0.717, 1.165) is 11.4 Å². The number of aromatic nitrogens is 2. The Hall–Kier alpha value is -3.08. The first-order valence-corrected chi connectivity index (χ1v) is 8.28. The van der Waals surface area contributed by atoms with Crippen molar-refractivity contribution in [2.75, 3.05) is 11.9 Å². The number of aryl methyl sites for hydroxylation is 2. The van der Waals surface area contributed by atoms with Crippen LogP contribution in [0.15, 0.2) is 48.5 Å². The minimum Gasteiger partial charge on any atom is -0.448 e. The molecule has 0 radical (unpaired) electrons. The molecule has 5 nitrogen and oxygen atoms in total. The van der Waals surface area contributed by atoms with Gasteiger partial charge in [-0.05, 0) is 36.1 Å². The van der Waals surface area contributed by atoms with E-state index in [4.69, 9.17) is 4.74 Å². The first-order valence-electron chi connectivity index (χ1n) is 8.28. The van der Waals surface area contributed by atoms with E-state index >= 15 is 0 Å². The van der Waals surface area contributed by atoms with Crippen LogP contribution in [0.3, 0.4) is 0 Å². The zero-order valence-corrected chi connectivity index (χ0v) is 14.2. The van der Waals surface area contributed by atoms with Gasteiger partial charge in [-0.2, -0.15) is 5.10 Å². The molecule has 0 aliphatic heterocycles. The highest BCUT2D eigenvalue weighted by Crippen LogP contribution is 2.44. The van der Waals surface area contributed by atoms with Gasteiger partial charge in [-0.15, -0.1) is 0 Å². The van der Waals surface area contributed by atoms with Crippen molar-refractivity contribution in [1.29, 1.82) is 0 Å². The standard InChI is InChI=1S/C20H19N3O2/c1-12-19(13(2)23-22-12)21-20(24)25-11-18-16-9-5-3-7-14(16)15-8-4-6-10-17(15)18/h3-10,18H,11H2,1-2H3,(H,21,24)(H,22,23). The number of nitrogens with one attached hydrogen (secondary N) is 2. The molecule has 0 atom stereocenters. The second-order valence-electron chi connectivity index (χ2n) is 6.26. The van der Waals surface area contributed by atoms with E-state index in [0.29, 0.717) is 12.3 Å². The third kappa shape index (κ3) is 2.67. The van der Waals surface area contributed by atoms with E-state index in [1.54, 1.807) is 0 Å². The number of ether oxygens (including phenoxy) is 1. The molecule has 4 rings (SSSR count). The van der Waals surface area contributed by atoms with Crippen LogP contribution in [0.1, 0.15) is 28.4 Å². The fraction of sp³-hybridized carbons (Fsp3) is 0.200. The molecule has 0 spiro atoms. The third-order valence-corrected chi connectivity index (χ3v) is 4.70. The molecule has 1 aliphatic carbocycles. The summed E-state index contributed by atoms with van der Waals surface area (Å²) in [4.78, 5) is 12.2. The number of rotatable bonds is 3. The Morgan fingerprint density at radius 3 is 2.24 bits per heavy atom. The Morgan fingerprint density at radius 1 is 1.08 bits per heavy atom. The second-order valence-corrected chi connectivity index (χ2v) is 6.26. The Labute approximate surface area is 146 Å². The average Bonchev–Trinajstić information content (AvgIpc) is 3.12. The van der Waals surface area contributed by atoms with Crippen molar-refractivity contribution in [1.82, 2.24) is 10.2 Å². The number of fused-ring (bicyclic) bond motifs is 3. The zero-order valence-electron chi connectivity index (χ0n) is 14.2. The first-order chi connectivity index (χ1) is 12.1. The molecule has 1 heterocycles. The lowest BCUT2D eigenvalue weighted by Crippen LogP contribution is -2.18. The number of nitrogens with zero attached hydrogens (tertiary/aromatic N) is 1. The summed E-state index contributed by atoms with van der Waals surface area (Å²) in [5.41, 5.74) is 7.07. The van der Waals surface area contributed by atoms with Gasteiger partial charge in [-0.3, -0.25) is 10.4 Å². The Balaban J connectivity index is 1.52. The highest BCUT2D eigenvalue weighted by atomic mass is 16.5. The van der Waals surface area contributed by atoms with Crippen molar-refractivity contribution in [3.05, 3.63) is 71.0 Å². The van der Waals surface area contributed by atoms with E-state index in [2.05, 4.69) is 39.8 Å². The maximum atomic E-state index is 12.2. The minimum atomic E-state index is -0.463. The maximum Gasteiger partial charge on any atom is 0.411 e. The molecule has 2 aromatic carbocycles. The molecule has 1 aliphatic rings. The third-order valence-electron chi connectivity index (χ3n) is 4.70. The van der Waals surface area contributed by atoms with Crippen molar-refractivity contribution in [2.24, 2.45) is 0 Å². The number of carbonyl (C=O) groups is 1. The van der Waals surface area contributed by atoms with E-state index < -0.39 is 6.09 Å². The van der Waals surface area contributed by atoms with Crippen LogP contribution in [0, 0.1) is 13.8 Å². The SMILES string of the molecule is Cc1n[nH]c(C)c1NC(=O)OCC1c2ccccc2-c2ccccc21. The highest BCUT2D eigenvalue weighted by Gasteiger charge is 2.29. The molecule has 3 aromatic rings. The predicted octanol–water partition coefficient (Wildman–Crippen LogP) is 4.39. The van der Waals surface area contributed by atoms with Crippen LogP contribution in [-0.2, 0) is 4.74 Å². The number of hydrogen-bond acceptors (Lipinski definition) is 3. The highest BCUT2D eigenvalue weighted by molar-refractivity contribution is 5.86. The smallest absolute Gasteiger partial charge is 0.411 e. The summed E-state index contributed by atoms with van der Waals surface area (Å²) < 4.78 is 5.53. The van der Waals surface area contributed by atoms with Crippen molar-refractivity contribution >= 4 is 11.8 Å². The maximum absolute atomic E-state index is 12.2. The summed E-state index contributed by atoms with van der Waals surface area (Å²) >= 11 is 0. The van der Waals surface area contributed by atoms with Gasteiger partial charge in [0.15, 0.2) is 0 Å². The molecule has 0 saturated carbocycles. The molecule has 0 bridgehead atoms. The molecule has 0 saturated heterocycles. The number of carbonyl (C=O) groups excluding carboxylic acids is 1. The number of aromatic amines is 1. The normalized spacial score (nSPS) is 12.6. The summed E-state index contributed by atoms with van der Waals surface area (Å²) in [6.45, 7) is 4.00. The van der Waals surface area contributed by atoms with Gasteiger partial charge >= 0.3 is 6.09 Å². The number of benzene rings is 2. The summed E-state index contributed by atoms with van der Waals surface area (Å²) in [7, 11) is 0. The first kappa shape index (κ1) is 15.4. The molecule has 0 unspecified atom stereocenters. The molecular formula is C20H19N3O2. The lowest BCUT2D eigenvalue weighted by Gasteiger charge is -2.14. The summed E-state index contributed by atoms with van der Waals surface area (Å²) in [6, 6.07) is 16.6. The number of anilines is 1. The Kier molecular flexibility index (Phi) is 3.76. The van der Waals surface area contributed by atoms with Crippen molar-refractivity contribution < 1.29 is 9.53 Å². The van der Waals surface area contributed by atoms with Gasteiger partial charge in [-0.25, -0.2) is 4.79 Å². The van der Waals surface area contributed by atoms with Crippen molar-refractivity contribution in [2.45, 2.75) is 19.8 Å². The molecule has 2 N–H and O–H groups in total. The van der Waals surface area contributed by atoms with Crippen molar-refractivity contribution in [3.63, 3.8) is 0 Å². The van der Waals surface area contributed by atoms with Crippen LogP contribution < -0.4 is 5.32 Å². The Morgan fingerprint density at radius 2 is 1.68 bits per heavy atom. The van der Waals surface area contributed by atoms with Gasteiger partial charge in [0.2, 0.25) is 0 Å². The monoisotopic (exact) mass is 333 g/mol.